The third-order valence-corrected chi connectivity index (χ3v) is 3.40. The van der Waals surface area contributed by atoms with Crippen molar-refractivity contribution in [1.29, 1.82) is 0 Å². The summed E-state index contributed by atoms with van der Waals surface area (Å²) in [5.74, 6) is 0.640. The maximum absolute atomic E-state index is 11.9. The zero-order chi connectivity index (χ0) is 17.4. The molecule has 1 aromatic carbocycles. The molecule has 9 nitrogen and oxygen atoms in total. The second-order valence-corrected chi connectivity index (χ2v) is 5.08. The predicted molar refractivity (Wildman–Crippen MR) is 84.4 cm³/mol. The van der Waals surface area contributed by atoms with E-state index in [0.717, 1.165) is 0 Å². The van der Waals surface area contributed by atoms with Crippen molar-refractivity contribution in [3.8, 4) is 5.75 Å². The van der Waals surface area contributed by atoms with Crippen LogP contribution in [0.5, 0.6) is 5.75 Å². The Morgan fingerprint density at radius 3 is 2.79 bits per heavy atom. The molecule has 1 amide bonds. The van der Waals surface area contributed by atoms with E-state index in [-0.39, 0.29) is 25.6 Å². The summed E-state index contributed by atoms with van der Waals surface area (Å²) in [6.07, 6.45) is -0.508. The fraction of sp³-hybridized carbons (Fsp3) is 0.429. The van der Waals surface area contributed by atoms with Gasteiger partial charge in [-0.2, -0.15) is 0 Å². The fourth-order valence-corrected chi connectivity index (χ4v) is 2.00. The molecule has 2 aromatic rings. The Bertz CT molecular complexity index is 662. The average Bonchev–Trinajstić information content (AvgIpc) is 3.02. The van der Waals surface area contributed by atoms with Crippen LogP contribution >= 0.6 is 11.6 Å². The number of hydrogen-bond acceptors (Lipinski definition) is 7. The van der Waals surface area contributed by atoms with Crippen molar-refractivity contribution in [2.45, 2.75) is 19.4 Å². The van der Waals surface area contributed by atoms with E-state index in [1.165, 1.54) is 18.9 Å². The Balaban J connectivity index is 1.88. The lowest BCUT2D eigenvalue weighted by Gasteiger charge is -2.14. The molecule has 130 valence electrons. The average molecular weight is 356 g/mol. The lowest BCUT2D eigenvalue weighted by Crippen LogP contribution is -2.36. The van der Waals surface area contributed by atoms with Gasteiger partial charge in [0.2, 0.25) is 5.91 Å². The molecule has 0 bridgehead atoms. The summed E-state index contributed by atoms with van der Waals surface area (Å²) in [4.78, 5) is 11.9. The lowest BCUT2D eigenvalue weighted by molar-refractivity contribution is -0.128. The van der Waals surface area contributed by atoms with Crippen LogP contribution < -0.4 is 10.1 Å². The SMILES string of the molecule is COC(CNC(=O)Cn1nnnc1COc1ccccc1Cl)OC. The number of carbonyl (C=O) groups excluding carboxylic acids is 1. The summed E-state index contributed by atoms with van der Waals surface area (Å²) in [6, 6.07) is 7.06. The Labute approximate surface area is 143 Å². The normalized spacial score (nSPS) is 10.8. The first-order chi connectivity index (χ1) is 11.6. The van der Waals surface area contributed by atoms with Gasteiger partial charge in [0, 0.05) is 14.2 Å². The Morgan fingerprint density at radius 2 is 2.08 bits per heavy atom. The van der Waals surface area contributed by atoms with E-state index in [1.54, 1.807) is 24.3 Å². The highest BCUT2D eigenvalue weighted by atomic mass is 35.5. The third-order valence-electron chi connectivity index (χ3n) is 3.08. The Morgan fingerprint density at radius 1 is 1.33 bits per heavy atom. The van der Waals surface area contributed by atoms with Crippen molar-refractivity contribution >= 4 is 17.5 Å². The molecule has 0 aliphatic carbocycles. The molecule has 0 radical (unpaired) electrons. The van der Waals surface area contributed by atoms with Gasteiger partial charge in [0.1, 0.15) is 18.9 Å². The van der Waals surface area contributed by atoms with E-state index in [1.807, 2.05) is 0 Å². The standard InChI is InChI=1S/C14H18ClN5O4/c1-22-14(23-2)7-16-13(21)8-20-12(17-18-19-20)9-24-11-6-4-3-5-10(11)15/h3-6,14H,7-9H2,1-2H3,(H,16,21). The number of hydrogen-bond donors (Lipinski definition) is 1. The van der Waals surface area contributed by atoms with Crippen LogP contribution in [0.4, 0.5) is 0 Å². The minimum Gasteiger partial charge on any atom is -0.484 e. The van der Waals surface area contributed by atoms with Crippen LogP contribution in [0, 0.1) is 0 Å². The topological polar surface area (TPSA) is 100 Å². The van der Waals surface area contributed by atoms with Crippen molar-refractivity contribution in [2.75, 3.05) is 20.8 Å². The van der Waals surface area contributed by atoms with Gasteiger partial charge in [-0.15, -0.1) is 5.10 Å². The first-order valence-corrected chi connectivity index (χ1v) is 7.46. The van der Waals surface area contributed by atoms with E-state index < -0.39 is 6.29 Å². The molecule has 0 atom stereocenters. The van der Waals surface area contributed by atoms with Gasteiger partial charge in [-0.1, -0.05) is 23.7 Å². The van der Waals surface area contributed by atoms with Crippen molar-refractivity contribution in [3.05, 3.63) is 35.1 Å². The molecule has 0 fully saturated rings. The first-order valence-electron chi connectivity index (χ1n) is 7.08. The monoisotopic (exact) mass is 355 g/mol. The summed E-state index contributed by atoms with van der Waals surface area (Å²) in [5.41, 5.74) is 0. The van der Waals surface area contributed by atoms with E-state index in [4.69, 9.17) is 25.8 Å². The number of nitrogens with one attached hydrogen (secondary N) is 1. The highest BCUT2D eigenvalue weighted by Gasteiger charge is 2.13. The molecule has 10 heteroatoms. The van der Waals surface area contributed by atoms with E-state index >= 15 is 0 Å². The zero-order valence-electron chi connectivity index (χ0n) is 13.3. The third kappa shape index (κ3) is 5.15. The molecule has 1 heterocycles. The second-order valence-electron chi connectivity index (χ2n) is 4.68. The Hall–Kier alpha value is -2.23. The van der Waals surface area contributed by atoms with Gasteiger partial charge >= 0.3 is 0 Å². The summed E-state index contributed by atoms with van der Waals surface area (Å²) in [5, 5.41) is 14.3. The minimum absolute atomic E-state index is 0.0473. The molecule has 0 aliphatic rings. The number of para-hydroxylation sites is 1. The summed E-state index contributed by atoms with van der Waals surface area (Å²) >= 11 is 6.02. The maximum Gasteiger partial charge on any atom is 0.242 e. The first kappa shape index (κ1) is 18.1. The quantitative estimate of drug-likeness (QED) is 0.659. The number of aromatic nitrogens is 4. The molecule has 0 saturated carbocycles. The second kappa shape index (κ2) is 9.16. The molecule has 0 aliphatic heterocycles. The van der Waals surface area contributed by atoms with Crippen LogP contribution in [-0.4, -0.2) is 53.2 Å². The van der Waals surface area contributed by atoms with Gasteiger partial charge in [-0.3, -0.25) is 4.79 Å². The molecule has 1 N–H and O–H groups in total. The van der Waals surface area contributed by atoms with Crippen LogP contribution in [0.25, 0.3) is 0 Å². The van der Waals surface area contributed by atoms with Crippen LogP contribution in [0.3, 0.4) is 0 Å². The van der Waals surface area contributed by atoms with E-state index in [9.17, 15) is 4.79 Å². The van der Waals surface area contributed by atoms with Gasteiger partial charge in [0.15, 0.2) is 12.1 Å². The predicted octanol–water partition coefficient (Wildman–Crippen LogP) is 0.641. The smallest absolute Gasteiger partial charge is 0.242 e. The largest absolute Gasteiger partial charge is 0.484 e. The molecule has 0 spiro atoms. The zero-order valence-corrected chi connectivity index (χ0v) is 14.1. The van der Waals surface area contributed by atoms with Crippen molar-refractivity contribution in [1.82, 2.24) is 25.5 Å². The molecule has 1 aromatic heterocycles. The fourth-order valence-electron chi connectivity index (χ4n) is 1.81. The van der Waals surface area contributed by atoms with Crippen LogP contribution in [-0.2, 0) is 27.4 Å². The number of rotatable bonds is 9. The Kier molecular flexibility index (Phi) is 6.91. The van der Waals surface area contributed by atoms with Gasteiger partial charge < -0.3 is 19.5 Å². The van der Waals surface area contributed by atoms with Crippen molar-refractivity contribution < 1.29 is 19.0 Å². The van der Waals surface area contributed by atoms with Crippen LogP contribution in [0.1, 0.15) is 5.82 Å². The number of methoxy groups -OCH3 is 2. The van der Waals surface area contributed by atoms with Gasteiger partial charge in [0.25, 0.3) is 0 Å². The summed E-state index contributed by atoms with van der Waals surface area (Å²) < 4.78 is 16.9. The van der Waals surface area contributed by atoms with Crippen LogP contribution in [0.2, 0.25) is 5.02 Å². The minimum atomic E-state index is -0.508. The summed E-state index contributed by atoms with van der Waals surface area (Å²) in [6.45, 7) is 0.260. The van der Waals surface area contributed by atoms with Crippen LogP contribution in [0.15, 0.2) is 24.3 Å². The number of tetrazole rings is 1. The highest BCUT2D eigenvalue weighted by molar-refractivity contribution is 6.32. The molecule has 0 unspecified atom stereocenters. The number of nitrogens with zero attached hydrogens (tertiary/aromatic N) is 4. The van der Waals surface area contributed by atoms with Crippen molar-refractivity contribution in [2.24, 2.45) is 0 Å². The van der Waals surface area contributed by atoms with Gasteiger partial charge in [-0.05, 0) is 22.6 Å². The van der Waals surface area contributed by atoms with Gasteiger partial charge in [-0.25, -0.2) is 4.68 Å². The highest BCUT2D eigenvalue weighted by Crippen LogP contribution is 2.23. The lowest BCUT2D eigenvalue weighted by atomic mass is 10.3. The molecular weight excluding hydrogens is 338 g/mol. The molecular formula is C14H18ClN5O4. The van der Waals surface area contributed by atoms with Gasteiger partial charge in [0.05, 0.1) is 11.6 Å². The molecule has 2 rings (SSSR count). The van der Waals surface area contributed by atoms with Crippen molar-refractivity contribution in [3.63, 3.8) is 0 Å². The van der Waals surface area contributed by atoms with E-state index in [2.05, 4.69) is 20.8 Å². The number of amides is 1. The number of ether oxygens (including phenoxy) is 3. The molecule has 0 saturated heterocycles. The number of halogens is 1. The maximum atomic E-state index is 11.9. The van der Waals surface area contributed by atoms with E-state index in [0.29, 0.717) is 16.6 Å². The number of carbonyl (C=O) groups is 1. The molecule has 24 heavy (non-hydrogen) atoms. The summed E-state index contributed by atoms with van der Waals surface area (Å²) in [7, 11) is 2.98. The number of benzene rings is 1.